The molecular formula is C21H24Cl2N2O4S. The standard InChI is InChI=1S/C21H24Cl2N2O4S/c22-16-6-11-20(19(23)15-16)29-14-4-5-21(26)24-17-7-9-18(10-8-17)30(27,28)25-12-2-1-3-13-25/h6-11,15H,1-5,12-14H2,(H,24,26). The van der Waals surface area contributed by atoms with E-state index in [-0.39, 0.29) is 17.2 Å². The molecule has 6 nitrogen and oxygen atoms in total. The lowest BCUT2D eigenvalue weighted by atomic mass is 10.2. The summed E-state index contributed by atoms with van der Waals surface area (Å²) in [6.07, 6.45) is 3.61. The van der Waals surface area contributed by atoms with Gasteiger partial charge in [-0.2, -0.15) is 4.31 Å². The second-order valence-corrected chi connectivity index (χ2v) is 9.85. The number of carbonyl (C=O) groups is 1. The van der Waals surface area contributed by atoms with Crippen LogP contribution in [0.1, 0.15) is 32.1 Å². The molecule has 0 aliphatic carbocycles. The van der Waals surface area contributed by atoms with Gasteiger partial charge in [-0.25, -0.2) is 8.42 Å². The number of amides is 1. The van der Waals surface area contributed by atoms with Gasteiger partial charge in [0.25, 0.3) is 0 Å². The van der Waals surface area contributed by atoms with Gasteiger partial charge in [0.1, 0.15) is 5.75 Å². The molecule has 0 atom stereocenters. The number of carbonyl (C=O) groups excluding carboxylic acids is 1. The molecule has 2 aromatic carbocycles. The van der Waals surface area contributed by atoms with Crippen molar-refractivity contribution in [3.8, 4) is 5.75 Å². The van der Waals surface area contributed by atoms with E-state index < -0.39 is 10.0 Å². The summed E-state index contributed by atoms with van der Waals surface area (Å²) in [4.78, 5) is 12.4. The minimum absolute atomic E-state index is 0.174. The third-order valence-electron chi connectivity index (χ3n) is 4.79. The van der Waals surface area contributed by atoms with Crippen LogP contribution in [0.4, 0.5) is 5.69 Å². The highest BCUT2D eigenvalue weighted by atomic mass is 35.5. The van der Waals surface area contributed by atoms with Crippen molar-refractivity contribution in [1.82, 2.24) is 4.31 Å². The predicted molar refractivity (Wildman–Crippen MR) is 119 cm³/mol. The molecule has 3 rings (SSSR count). The zero-order valence-electron chi connectivity index (χ0n) is 16.4. The van der Waals surface area contributed by atoms with Crippen LogP contribution in [0.3, 0.4) is 0 Å². The maximum Gasteiger partial charge on any atom is 0.243 e. The largest absolute Gasteiger partial charge is 0.492 e. The Morgan fingerprint density at radius 1 is 1.03 bits per heavy atom. The predicted octanol–water partition coefficient (Wildman–Crippen LogP) is 4.97. The normalized spacial score (nSPS) is 15.0. The van der Waals surface area contributed by atoms with E-state index in [9.17, 15) is 13.2 Å². The number of anilines is 1. The van der Waals surface area contributed by atoms with E-state index >= 15 is 0 Å². The summed E-state index contributed by atoms with van der Waals surface area (Å²) >= 11 is 11.9. The molecule has 1 aliphatic heterocycles. The number of hydrogen-bond donors (Lipinski definition) is 1. The molecule has 0 spiro atoms. The summed E-state index contributed by atoms with van der Waals surface area (Å²) in [7, 11) is -3.47. The van der Waals surface area contributed by atoms with Crippen molar-refractivity contribution < 1.29 is 17.9 Å². The van der Waals surface area contributed by atoms with Gasteiger partial charge in [-0.1, -0.05) is 29.6 Å². The summed E-state index contributed by atoms with van der Waals surface area (Å²) < 4.78 is 32.4. The van der Waals surface area contributed by atoms with Crippen LogP contribution in [0.25, 0.3) is 0 Å². The van der Waals surface area contributed by atoms with Crippen molar-refractivity contribution in [2.75, 3.05) is 25.0 Å². The summed E-state index contributed by atoms with van der Waals surface area (Å²) in [5.74, 6) is 0.347. The Bertz CT molecular complexity index is 975. The first-order valence-corrected chi connectivity index (χ1v) is 12.0. The van der Waals surface area contributed by atoms with Gasteiger partial charge in [0, 0.05) is 30.2 Å². The maximum absolute atomic E-state index is 12.7. The molecule has 0 saturated carbocycles. The van der Waals surface area contributed by atoms with Gasteiger partial charge < -0.3 is 10.1 Å². The first-order chi connectivity index (χ1) is 14.4. The van der Waals surface area contributed by atoms with E-state index in [4.69, 9.17) is 27.9 Å². The molecule has 0 bridgehead atoms. The van der Waals surface area contributed by atoms with Gasteiger partial charge in [0.2, 0.25) is 15.9 Å². The van der Waals surface area contributed by atoms with Crippen molar-refractivity contribution in [2.24, 2.45) is 0 Å². The maximum atomic E-state index is 12.7. The van der Waals surface area contributed by atoms with Crippen LogP contribution in [0, 0.1) is 0 Å². The van der Waals surface area contributed by atoms with Crippen LogP contribution < -0.4 is 10.1 Å². The van der Waals surface area contributed by atoms with E-state index in [0.717, 1.165) is 19.3 Å². The lowest BCUT2D eigenvalue weighted by molar-refractivity contribution is -0.116. The zero-order chi connectivity index (χ0) is 21.6. The molecule has 1 aliphatic rings. The molecule has 1 N–H and O–H groups in total. The van der Waals surface area contributed by atoms with Crippen LogP contribution in [0.15, 0.2) is 47.4 Å². The molecule has 1 heterocycles. The van der Waals surface area contributed by atoms with E-state index in [1.807, 2.05) is 0 Å². The first-order valence-electron chi connectivity index (χ1n) is 9.84. The molecule has 9 heteroatoms. The van der Waals surface area contributed by atoms with E-state index in [0.29, 0.717) is 47.6 Å². The summed E-state index contributed by atoms with van der Waals surface area (Å²) in [6, 6.07) is 11.3. The Morgan fingerprint density at radius 3 is 2.40 bits per heavy atom. The number of rotatable bonds is 8. The van der Waals surface area contributed by atoms with Crippen LogP contribution in [-0.4, -0.2) is 38.3 Å². The van der Waals surface area contributed by atoms with Crippen molar-refractivity contribution in [3.05, 3.63) is 52.5 Å². The average Bonchev–Trinajstić information content (AvgIpc) is 2.73. The van der Waals surface area contributed by atoms with E-state index in [2.05, 4.69) is 5.32 Å². The van der Waals surface area contributed by atoms with Gasteiger partial charge >= 0.3 is 0 Å². The Labute approximate surface area is 187 Å². The molecule has 30 heavy (non-hydrogen) atoms. The summed E-state index contributed by atoms with van der Waals surface area (Å²) in [5.41, 5.74) is 0.555. The molecule has 1 amide bonds. The Hall–Kier alpha value is -1.80. The second-order valence-electron chi connectivity index (χ2n) is 7.06. The Kier molecular flexibility index (Phi) is 7.99. The number of benzene rings is 2. The minimum Gasteiger partial charge on any atom is -0.492 e. The van der Waals surface area contributed by atoms with Crippen LogP contribution in [0.5, 0.6) is 5.75 Å². The lowest BCUT2D eigenvalue weighted by Crippen LogP contribution is -2.35. The summed E-state index contributed by atoms with van der Waals surface area (Å²) in [5, 5.41) is 3.72. The fraction of sp³-hybridized carbons (Fsp3) is 0.381. The molecule has 1 saturated heterocycles. The highest BCUT2D eigenvalue weighted by Crippen LogP contribution is 2.27. The second kappa shape index (κ2) is 10.5. The molecule has 0 radical (unpaired) electrons. The van der Waals surface area contributed by atoms with Crippen LogP contribution in [-0.2, 0) is 14.8 Å². The van der Waals surface area contributed by atoms with Gasteiger partial charge in [-0.05, 0) is 61.7 Å². The fourth-order valence-corrected chi connectivity index (χ4v) is 5.18. The molecule has 0 aromatic heterocycles. The molecule has 0 unspecified atom stereocenters. The molecule has 2 aromatic rings. The first kappa shape index (κ1) is 22.9. The smallest absolute Gasteiger partial charge is 0.243 e. The van der Waals surface area contributed by atoms with Crippen LogP contribution in [0.2, 0.25) is 10.0 Å². The fourth-order valence-electron chi connectivity index (χ4n) is 3.20. The van der Waals surface area contributed by atoms with E-state index in [1.165, 1.54) is 16.4 Å². The third kappa shape index (κ3) is 6.11. The number of ether oxygens (including phenoxy) is 1. The van der Waals surface area contributed by atoms with Crippen molar-refractivity contribution in [2.45, 2.75) is 37.0 Å². The number of sulfonamides is 1. The number of piperidine rings is 1. The average molecular weight is 471 g/mol. The number of nitrogens with zero attached hydrogens (tertiary/aromatic N) is 1. The SMILES string of the molecule is O=C(CCCOc1ccc(Cl)cc1Cl)Nc1ccc(S(=O)(=O)N2CCCCC2)cc1. The molecule has 162 valence electrons. The Morgan fingerprint density at radius 2 is 1.73 bits per heavy atom. The molecule has 1 fully saturated rings. The van der Waals surface area contributed by atoms with Gasteiger partial charge in [0.05, 0.1) is 16.5 Å². The van der Waals surface area contributed by atoms with Gasteiger partial charge in [-0.15, -0.1) is 0 Å². The van der Waals surface area contributed by atoms with Crippen LogP contribution >= 0.6 is 23.2 Å². The highest BCUT2D eigenvalue weighted by Gasteiger charge is 2.25. The highest BCUT2D eigenvalue weighted by molar-refractivity contribution is 7.89. The summed E-state index contributed by atoms with van der Waals surface area (Å²) in [6.45, 7) is 1.45. The van der Waals surface area contributed by atoms with E-state index in [1.54, 1.807) is 30.3 Å². The third-order valence-corrected chi connectivity index (χ3v) is 7.23. The van der Waals surface area contributed by atoms with Crippen molar-refractivity contribution in [1.29, 1.82) is 0 Å². The topological polar surface area (TPSA) is 75.7 Å². The molecular weight excluding hydrogens is 447 g/mol. The zero-order valence-corrected chi connectivity index (χ0v) is 18.8. The minimum atomic E-state index is -3.47. The monoisotopic (exact) mass is 470 g/mol. The number of hydrogen-bond acceptors (Lipinski definition) is 4. The number of nitrogens with one attached hydrogen (secondary N) is 1. The van der Waals surface area contributed by atoms with Gasteiger partial charge in [-0.3, -0.25) is 4.79 Å². The Balaban J connectivity index is 1.46. The van der Waals surface area contributed by atoms with Gasteiger partial charge in [0.15, 0.2) is 0 Å². The lowest BCUT2D eigenvalue weighted by Gasteiger charge is -2.25. The number of halogens is 2. The quantitative estimate of drug-likeness (QED) is 0.552. The van der Waals surface area contributed by atoms with Crippen molar-refractivity contribution >= 4 is 44.8 Å². The van der Waals surface area contributed by atoms with Crippen molar-refractivity contribution in [3.63, 3.8) is 0 Å².